The van der Waals surface area contributed by atoms with Crippen molar-refractivity contribution in [1.29, 1.82) is 0 Å². The molecule has 2 saturated carbocycles. The summed E-state index contributed by atoms with van der Waals surface area (Å²) in [6, 6.07) is 0. The Morgan fingerprint density at radius 1 is 1.03 bits per heavy atom. The maximum Gasteiger partial charge on any atom is 1.00 e. The fourth-order valence-electron chi connectivity index (χ4n) is 6.69. The van der Waals surface area contributed by atoms with Crippen LogP contribution in [0.3, 0.4) is 0 Å². The molecule has 0 aromatic carbocycles. The van der Waals surface area contributed by atoms with Gasteiger partial charge in [0.15, 0.2) is 0 Å². The van der Waals surface area contributed by atoms with Crippen molar-refractivity contribution in [2.24, 2.45) is 22.7 Å². The Kier molecular flexibility index (Phi) is 11.7. The van der Waals surface area contributed by atoms with Crippen molar-refractivity contribution in [1.82, 2.24) is 0 Å². The molecule has 1 unspecified atom stereocenters. The van der Waals surface area contributed by atoms with Gasteiger partial charge in [0.25, 0.3) is 0 Å². The Hall–Kier alpha value is 0.190. The van der Waals surface area contributed by atoms with Crippen LogP contribution < -0.4 is 34.7 Å². The molecule has 0 aromatic heterocycles. The second-order valence-electron chi connectivity index (χ2n) is 9.55. The quantitative estimate of drug-likeness (QED) is 0.361. The van der Waals surface area contributed by atoms with Gasteiger partial charge < -0.3 is 46.4 Å². The summed E-state index contributed by atoms with van der Waals surface area (Å²) in [5.41, 5.74) is -2.53. The maximum atomic E-state index is 11.3. The molecular weight excluding hydrogens is 407 g/mol. The van der Waals surface area contributed by atoms with Gasteiger partial charge in [0, 0.05) is 23.2 Å². The van der Waals surface area contributed by atoms with Crippen LogP contribution in [0.2, 0.25) is 0 Å². The Labute approximate surface area is 200 Å². The first-order valence-corrected chi connectivity index (χ1v) is 9.89. The number of hydrogen-bond donors (Lipinski definition) is 3. The van der Waals surface area contributed by atoms with Crippen LogP contribution in [0.5, 0.6) is 0 Å². The summed E-state index contributed by atoms with van der Waals surface area (Å²) in [6.45, 7) is 5.87. The molecule has 1 aliphatic heterocycles. The molecular formula is C20H39NaO9. The zero-order valence-corrected chi connectivity index (χ0v) is 20.7. The average Bonchev–Trinajstić information content (AvgIpc) is 2.98. The van der Waals surface area contributed by atoms with Gasteiger partial charge in [-0.1, -0.05) is 20.8 Å². The largest absolute Gasteiger partial charge is 1.00 e. The SMILES string of the molecule is C[C@@H]1CCC2[C@](C)(CO)[C@@H](O)CC[C@]2(C)[C@@]12CC[C@@](CO)(CC(=O)[O-])O2.O.O.O.[Na+]. The summed E-state index contributed by atoms with van der Waals surface area (Å²) in [5, 5.41) is 41.9. The normalized spacial score (nSPS) is 44.5. The Morgan fingerprint density at radius 3 is 2.13 bits per heavy atom. The third-order valence-electron chi connectivity index (χ3n) is 8.36. The van der Waals surface area contributed by atoms with Crippen molar-refractivity contribution in [2.45, 2.75) is 83.0 Å². The summed E-state index contributed by atoms with van der Waals surface area (Å²) >= 11 is 0. The number of rotatable bonds is 4. The van der Waals surface area contributed by atoms with Crippen molar-refractivity contribution in [3.8, 4) is 0 Å². The average molecular weight is 447 g/mol. The molecule has 3 rings (SSSR count). The third-order valence-corrected chi connectivity index (χ3v) is 8.36. The molecule has 174 valence electrons. The molecule has 0 radical (unpaired) electrons. The van der Waals surface area contributed by atoms with Crippen LogP contribution in [0.25, 0.3) is 0 Å². The number of aliphatic carboxylic acids is 1. The Balaban J connectivity index is 0. The van der Waals surface area contributed by atoms with Crippen LogP contribution in [-0.2, 0) is 9.53 Å². The summed E-state index contributed by atoms with van der Waals surface area (Å²) < 4.78 is 6.56. The molecule has 0 bridgehead atoms. The number of carboxylic acids is 1. The first kappa shape index (κ1) is 32.4. The fourth-order valence-corrected chi connectivity index (χ4v) is 6.69. The Morgan fingerprint density at radius 2 is 1.63 bits per heavy atom. The van der Waals surface area contributed by atoms with E-state index in [9.17, 15) is 25.2 Å². The predicted molar refractivity (Wildman–Crippen MR) is 104 cm³/mol. The topological polar surface area (TPSA) is 205 Å². The fraction of sp³-hybridized carbons (Fsp3) is 0.950. The van der Waals surface area contributed by atoms with E-state index in [0.29, 0.717) is 19.3 Å². The summed E-state index contributed by atoms with van der Waals surface area (Å²) in [7, 11) is 0. The number of carbonyl (C=O) groups excluding carboxylic acids is 1. The first-order valence-electron chi connectivity index (χ1n) is 9.89. The molecule has 7 atom stereocenters. The molecule has 3 fully saturated rings. The summed E-state index contributed by atoms with van der Waals surface area (Å²) in [6.07, 6.45) is 3.48. The van der Waals surface area contributed by atoms with Crippen LogP contribution in [-0.4, -0.2) is 68.2 Å². The van der Waals surface area contributed by atoms with E-state index in [2.05, 4.69) is 13.8 Å². The second kappa shape index (κ2) is 10.9. The number of aliphatic hydroxyl groups excluding tert-OH is 3. The molecule has 1 saturated heterocycles. The number of carboxylic acid groups (broad SMARTS) is 1. The molecule has 0 aromatic rings. The van der Waals surface area contributed by atoms with Gasteiger partial charge >= 0.3 is 29.6 Å². The summed E-state index contributed by atoms with van der Waals surface area (Å²) in [5.74, 6) is -0.907. The minimum absolute atomic E-state index is 0. The van der Waals surface area contributed by atoms with Crippen LogP contribution in [0.1, 0.15) is 65.7 Å². The van der Waals surface area contributed by atoms with Crippen molar-refractivity contribution < 1.29 is 75.9 Å². The number of fused-ring (bicyclic) bond motifs is 2. The van der Waals surface area contributed by atoms with E-state index < -0.39 is 28.7 Å². The molecule has 30 heavy (non-hydrogen) atoms. The van der Waals surface area contributed by atoms with E-state index in [4.69, 9.17) is 4.74 Å². The standard InChI is InChI=1S/C20H34O6.Na.3H2O/c1-13-4-5-14-17(2,11-21)15(23)6-7-18(14,3)20(13)9-8-19(12-22,26-20)10-16(24)25;;;;/h13-15,21-23H,4-12H2,1-3H3,(H,24,25);;3*1H2/q;+1;;;/p-1/t13-,14?,15+,17+,18+,19+,20-;;;;/m1..../s1. The van der Waals surface area contributed by atoms with Crippen LogP contribution in [0.4, 0.5) is 0 Å². The van der Waals surface area contributed by atoms with Gasteiger partial charge in [-0.15, -0.1) is 0 Å². The molecule has 1 spiro atoms. The van der Waals surface area contributed by atoms with E-state index in [1.54, 1.807) is 0 Å². The van der Waals surface area contributed by atoms with Crippen LogP contribution in [0.15, 0.2) is 0 Å². The number of hydrogen-bond acceptors (Lipinski definition) is 6. The zero-order valence-electron chi connectivity index (χ0n) is 18.7. The van der Waals surface area contributed by atoms with Gasteiger partial charge in [0.2, 0.25) is 0 Å². The maximum absolute atomic E-state index is 11.3. The van der Waals surface area contributed by atoms with Gasteiger partial charge in [-0.2, -0.15) is 0 Å². The van der Waals surface area contributed by atoms with Gasteiger partial charge in [0.1, 0.15) is 0 Å². The third kappa shape index (κ3) is 4.48. The van der Waals surface area contributed by atoms with Crippen molar-refractivity contribution in [3.05, 3.63) is 0 Å². The van der Waals surface area contributed by atoms with E-state index in [1.807, 2.05) is 6.92 Å². The predicted octanol–water partition coefficient (Wildman–Crippen LogP) is -4.86. The number of aliphatic hydroxyl groups is 3. The number of carbonyl (C=O) groups is 1. The number of ether oxygens (including phenoxy) is 1. The minimum Gasteiger partial charge on any atom is -0.550 e. The molecule has 9 N–H and O–H groups in total. The molecule has 10 heteroatoms. The van der Waals surface area contributed by atoms with Gasteiger partial charge in [-0.05, 0) is 50.4 Å². The van der Waals surface area contributed by atoms with E-state index in [1.165, 1.54) is 0 Å². The Bertz CT molecular complexity index is 578. The van der Waals surface area contributed by atoms with E-state index in [0.717, 1.165) is 19.3 Å². The molecule has 0 amide bonds. The van der Waals surface area contributed by atoms with Crippen molar-refractivity contribution in [3.63, 3.8) is 0 Å². The molecule has 3 aliphatic rings. The van der Waals surface area contributed by atoms with E-state index in [-0.39, 0.29) is 82.9 Å². The van der Waals surface area contributed by atoms with Crippen molar-refractivity contribution >= 4 is 5.97 Å². The minimum atomic E-state index is -1.21. The van der Waals surface area contributed by atoms with Crippen LogP contribution in [0, 0.1) is 22.7 Å². The van der Waals surface area contributed by atoms with Gasteiger partial charge in [0.05, 0.1) is 30.5 Å². The van der Waals surface area contributed by atoms with Gasteiger partial charge in [-0.3, -0.25) is 0 Å². The second-order valence-corrected chi connectivity index (χ2v) is 9.55. The zero-order chi connectivity index (χ0) is 19.4. The smallest absolute Gasteiger partial charge is 0.550 e. The summed E-state index contributed by atoms with van der Waals surface area (Å²) in [4.78, 5) is 11.3. The molecule has 2 aliphatic carbocycles. The van der Waals surface area contributed by atoms with Gasteiger partial charge in [-0.25, -0.2) is 0 Å². The first-order chi connectivity index (χ1) is 12.1. The van der Waals surface area contributed by atoms with E-state index >= 15 is 0 Å². The molecule has 9 nitrogen and oxygen atoms in total. The monoisotopic (exact) mass is 446 g/mol. The van der Waals surface area contributed by atoms with Crippen molar-refractivity contribution in [2.75, 3.05) is 13.2 Å². The van der Waals surface area contributed by atoms with Crippen LogP contribution >= 0.6 is 0 Å². The molecule has 1 heterocycles.